The Bertz CT molecular complexity index is 1070. The molecule has 1 saturated heterocycles. The second-order valence-electron chi connectivity index (χ2n) is 7.84. The number of furan rings is 1. The van der Waals surface area contributed by atoms with Crippen LogP contribution in [0.25, 0.3) is 0 Å². The monoisotopic (exact) mass is 477 g/mol. The molecule has 0 aliphatic carbocycles. The van der Waals surface area contributed by atoms with Crippen LogP contribution in [-0.4, -0.2) is 48.9 Å². The highest BCUT2D eigenvalue weighted by Gasteiger charge is 2.32. The fourth-order valence-corrected chi connectivity index (χ4v) is 5.48. The Morgan fingerprint density at radius 3 is 2.55 bits per heavy atom. The van der Waals surface area contributed by atoms with Crippen LogP contribution in [-0.2, 0) is 0 Å². The number of benzene rings is 1. The molecule has 0 radical (unpaired) electrons. The van der Waals surface area contributed by atoms with E-state index in [1.54, 1.807) is 29.5 Å². The van der Waals surface area contributed by atoms with Gasteiger partial charge < -0.3 is 14.6 Å². The van der Waals surface area contributed by atoms with Gasteiger partial charge in [0.05, 0.1) is 22.4 Å². The molecular formula is C23H25Cl2N3O2S. The second-order valence-corrected chi connectivity index (χ2v) is 9.85. The van der Waals surface area contributed by atoms with E-state index < -0.39 is 0 Å². The molecule has 31 heavy (non-hydrogen) atoms. The molecular weight excluding hydrogens is 453 g/mol. The number of nitrogens with one attached hydrogen (secondary N) is 1. The van der Waals surface area contributed by atoms with Gasteiger partial charge >= 0.3 is 0 Å². The van der Waals surface area contributed by atoms with Gasteiger partial charge in [-0.25, -0.2) is 0 Å². The van der Waals surface area contributed by atoms with E-state index in [4.69, 9.17) is 27.6 Å². The van der Waals surface area contributed by atoms with Gasteiger partial charge in [-0.1, -0.05) is 35.3 Å². The van der Waals surface area contributed by atoms with Crippen LogP contribution >= 0.6 is 34.5 Å². The van der Waals surface area contributed by atoms with Crippen molar-refractivity contribution in [2.24, 2.45) is 0 Å². The van der Waals surface area contributed by atoms with Crippen LogP contribution in [0, 0.1) is 13.8 Å². The van der Waals surface area contributed by atoms with Crippen molar-refractivity contribution in [1.29, 1.82) is 0 Å². The smallest absolute Gasteiger partial charge is 0.291 e. The van der Waals surface area contributed by atoms with Crippen LogP contribution in [0.2, 0.25) is 10.0 Å². The summed E-state index contributed by atoms with van der Waals surface area (Å²) in [7, 11) is 2.13. The van der Waals surface area contributed by atoms with Crippen molar-refractivity contribution in [2.75, 3.05) is 38.5 Å². The maximum Gasteiger partial charge on any atom is 0.291 e. The molecule has 3 heterocycles. The van der Waals surface area contributed by atoms with Gasteiger partial charge in [-0.2, -0.15) is 0 Å². The summed E-state index contributed by atoms with van der Waals surface area (Å²) >= 11 is 14.7. The molecule has 1 aromatic carbocycles. The van der Waals surface area contributed by atoms with Crippen LogP contribution in [0.5, 0.6) is 0 Å². The predicted molar refractivity (Wildman–Crippen MR) is 128 cm³/mol. The van der Waals surface area contributed by atoms with E-state index >= 15 is 0 Å². The molecule has 1 aliphatic heterocycles. The van der Waals surface area contributed by atoms with Gasteiger partial charge in [0.25, 0.3) is 5.91 Å². The molecule has 5 nitrogen and oxygen atoms in total. The summed E-state index contributed by atoms with van der Waals surface area (Å²) in [5.41, 5.74) is 3.17. The summed E-state index contributed by atoms with van der Waals surface area (Å²) in [4.78, 5) is 18.7. The lowest BCUT2D eigenvalue weighted by Crippen LogP contribution is -2.46. The first kappa shape index (κ1) is 22.4. The number of nitrogens with zero attached hydrogens (tertiary/aromatic N) is 2. The molecule has 1 unspecified atom stereocenters. The zero-order valence-corrected chi connectivity index (χ0v) is 20.1. The van der Waals surface area contributed by atoms with E-state index in [2.05, 4.69) is 36.0 Å². The van der Waals surface area contributed by atoms with Crippen molar-refractivity contribution in [2.45, 2.75) is 19.9 Å². The number of anilines is 1. The lowest BCUT2D eigenvalue weighted by atomic mass is 9.94. The van der Waals surface area contributed by atoms with Crippen molar-refractivity contribution in [3.05, 3.63) is 74.0 Å². The Kier molecular flexibility index (Phi) is 6.74. The number of carbonyl (C=O) groups excluding carboxylic acids is 1. The highest BCUT2D eigenvalue weighted by Crippen LogP contribution is 2.45. The maximum atomic E-state index is 12.8. The van der Waals surface area contributed by atoms with Crippen LogP contribution in [0.4, 0.5) is 5.00 Å². The summed E-state index contributed by atoms with van der Waals surface area (Å²) in [5, 5.41) is 4.98. The predicted octanol–water partition coefficient (Wildman–Crippen LogP) is 5.85. The molecule has 1 aliphatic rings. The fourth-order valence-electron chi connectivity index (χ4n) is 3.99. The fraction of sp³-hybridized carbons (Fsp3) is 0.348. The van der Waals surface area contributed by atoms with E-state index in [1.807, 2.05) is 12.1 Å². The molecule has 4 rings (SSSR count). The third kappa shape index (κ3) is 4.54. The number of rotatable bonds is 5. The summed E-state index contributed by atoms with van der Waals surface area (Å²) in [6.45, 7) is 7.89. The number of likely N-dealkylation sites (N-methyl/N-ethyl adjacent to an activating group) is 1. The van der Waals surface area contributed by atoms with Gasteiger partial charge in [-0.05, 0) is 50.2 Å². The number of amides is 1. The van der Waals surface area contributed by atoms with Crippen LogP contribution in [0.3, 0.4) is 0 Å². The number of carbonyl (C=O) groups is 1. The van der Waals surface area contributed by atoms with Gasteiger partial charge in [-0.15, -0.1) is 11.3 Å². The van der Waals surface area contributed by atoms with E-state index in [1.165, 1.54) is 6.26 Å². The Hall–Kier alpha value is -1.83. The topological polar surface area (TPSA) is 48.7 Å². The van der Waals surface area contributed by atoms with Gasteiger partial charge in [0.2, 0.25) is 0 Å². The molecule has 1 atom stereocenters. The van der Waals surface area contributed by atoms with Crippen molar-refractivity contribution in [3.8, 4) is 0 Å². The number of piperazine rings is 1. The largest absolute Gasteiger partial charge is 0.459 e. The van der Waals surface area contributed by atoms with Crippen LogP contribution < -0.4 is 5.32 Å². The van der Waals surface area contributed by atoms with Crippen LogP contribution in [0.1, 0.15) is 38.2 Å². The lowest BCUT2D eigenvalue weighted by molar-refractivity contribution is 0.0996. The number of hydrogen-bond donors (Lipinski definition) is 1. The van der Waals surface area contributed by atoms with E-state index in [9.17, 15) is 4.79 Å². The molecule has 8 heteroatoms. The first-order chi connectivity index (χ1) is 14.9. The standard InChI is InChI=1S/C23H25Cl2N3O2S/c1-14-15(2)31-23(26-22(29)18-8-5-13-30-18)19(14)21(28-11-9-27(3)10-12-28)16-6-4-7-17(24)20(16)25/h4-8,13,21H,9-12H2,1-3H3,(H,26,29). The number of hydrogen-bond acceptors (Lipinski definition) is 5. The van der Waals surface area contributed by atoms with Crippen molar-refractivity contribution in [1.82, 2.24) is 9.80 Å². The van der Waals surface area contributed by atoms with Gasteiger partial charge in [0.15, 0.2) is 5.76 Å². The molecule has 1 amide bonds. The van der Waals surface area contributed by atoms with Gasteiger partial charge in [-0.3, -0.25) is 9.69 Å². The van der Waals surface area contributed by atoms with Crippen molar-refractivity contribution >= 4 is 45.4 Å². The Balaban J connectivity index is 1.81. The number of halogens is 2. The molecule has 0 bridgehead atoms. The van der Waals surface area contributed by atoms with Crippen molar-refractivity contribution < 1.29 is 9.21 Å². The first-order valence-corrected chi connectivity index (χ1v) is 11.7. The Morgan fingerprint density at radius 2 is 1.87 bits per heavy atom. The SMILES string of the molecule is Cc1sc(NC(=O)c2ccco2)c(C(c2cccc(Cl)c2Cl)N2CCN(C)CC2)c1C. The number of aryl methyl sites for hydroxylation is 1. The lowest BCUT2D eigenvalue weighted by Gasteiger charge is -2.39. The molecule has 0 spiro atoms. The zero-order valence-electron chi connectivity index (χ0n) is 17.7. The summed E-state index contributed by atoms with van der Waals surface area (Å²) in [6.07, 6.45) is 1.50. The average molecular weight is 478 g/mol. The highest BCUT2D eigenvalue weighted by atomic mass is 35.5. The molecule has 1 fully saturated rings. The molecule has 164 valence electrons. The van der Waals surface area contributed by atoms with Gasteiger partial charge in [0.1, 0.15) is 5.00 Å². The minimum Gasteiger partial charge on any atom is -0.459 e. The average Bonchev–Trinajstić information content (AvgIpc) is 3.37. The van der Waals surface area contributed by atoms with E-state index in [-0.39, 0.29) is 17.7 Å². The molecule has 2 aromatic heterocycles. The summed E-state index contributed by atoms with van der Waals surface area (Å²) in [5.74, 6) is 0.0217. The molecule has 3 aromatic rings. The van der Waals surface area contributed by atoms with Gasteiger partial charge in [0, 0.05) is 36.6 Å². The zero-order chi connectivity index (χ0) is 22.1. The van der Waals surface area contributed by atoms with Crippen LogP contribution in [0.15, 0.2) is 41.0 Å². The minimum atomic E-state index is -0.262. The third-order valence-electron chi connectivity index (χ3n) is 5.86. The molecule has 1 N–H and O–H groups in total. The maximum absolute atomic E-state index is 12.8. The number of thiophene rings is 1. The minimum absolute atomic E-state index is 0.114. The summed E-state index contributed by atoms with van der Waals surface area (Å²) < 4.78 is 5.29. The molecule has 0 saturated carbocycles. The van der Waals surface area contributed by atoms with E-state index in [0.717, 1.165) is 52.7 Å². The third-order valence-corrected chi connectivity index (χ3v) is 7.83. The summed E-state index contributed by atoms with van der Waals surface area (Å²) in [6, 6.07) is 9.02. The quantitative estimate of drug-likeness (QED) is 0.500. The highest BCUT2D eigenvalue weighted by molar-refractivity contribution is 7.16. The Morgan fingerprint density at radius 1 is 1.13 bits per heavy atom. The van der Waals surface area contributed by atoms with Crippen molar-refractivity contribution in [3.63, 3.8) is 0 Å². The normalized spacial score (nSPS) is 16.4. The Labute approximate surface area is 196 Å². The van der Waals surface area contributed by atoms with E-state index in [0.29, 0.717) is 10.0 Å². The second kappa shape index (κ2) is 9.35. The first-order valence-electron chi connectivity index (χ1n) is 10.2.